The Hall–Kier alpha value is -3.65. The molecule has 0 aliphatic carbocycles. The van der Waals surface area contributed by atoms with Crippen LogP contribution in [-0.2, 0) is 27.1 Å². The van der Waals surface area contributed by atoms with Gasteiger partial charge in [-0.1, -0.05) is 24.3 Å². The number of hydrogen-bond acceptors (Lipinski definition) is 7. The van der Waals surface area contributed by atoms with Crippen LogP contribution in [0, 0.1) is 5.92 Å². The average Bonchev–Trinajstić information content (AvgIpc) is 3.65. The molecule has 0 radical (unpaired) electrons. The molecular formula is C28H30N2O6. The first-order chi connectivity index (χ1) is 17.6. The Morgan fingerprint density at radius 1 is 1.03 bits per heavy atom. The van der Waals surface area contributed by atoms with Crippen LogP contribution >= 0.6 is 0 Å². The van der Waals surface area contributed by atoms with Crippen LogP contribution in [0.3, 0.4) is 0 Å². The molecule has 2 aliphatic heterocycles. The van der Waals surface area contributed by atoms with Gasteiger partial charge in [-0.25, -0.2) is 4.98 Å². The number of nitrogens with zero attached hydrogens (tertiary/aromatic N) is 1. The number of rotatable bonds is 9. The number of aryl methyl sites for hydroxylation is 1. The van der Waals surface area contributed by atoms with E-state index in [-0.39, 0.29) is 41.6 Å². The van der Waals surface area contributed by atoms with Crippen LogP contribution in [0.15, 0.2) is 59.2 Å². The number of esters is 1. The van der Waals surface area contributed by atoms with Crippen molar-refractivity contribution in [3.63, 3.8) is 0 Å². The minimum atomic E-state index is -0.330. The van der Waals surface area contributed by atoms with E-state index in [4.69, 9.17) is 18.6 Å². The van der Waals surface area contributed by atoms with E-state index in [1.165, 1.54) is 18.9 Å². The Kier molecular flexibility index (Phi) is 7.04. The second kappa shape index (κ2) is 10.5. The molecule has 0 saturated carbocycles. The molecule has 5 rings (SSSR count). The summed E-state index contributed by atoms with van der Waals surface area (Å²) < 4.78 is 22.1. The number of oxazole rings is 1. The predicted molar refractivity (Wildman–Crippen MR) is 132 cm³/mol. The van der Waals surface area contributed by atoms with Crippen LogP contribution in [0.4, 0.5) is 5.69 Å². The summed E-state index contributed by atoms with van der Waals surface area (Å²) in [4.78, 5) is 29.1. The van der Waals surface area contributed by atoms with Crippen molar-refractivity contribution in [3.05, 3.63) is 77.5 Å². The molecule has 1 amide bonds. The van der Waals surface area contributed by atoms with Gasteiger partial charge in [0.25, 0.3) is 5.91 Å². The Bertz CT molecular complexity index is 1220. The van der Waals surface area contributed by atoms with E-state index in [0.29, 0.717) is 30.2 Å². The van der Waals surface area contributed by atoms with E-state index in [0.717, 1.165) is 24.8 Å². The first-order valence-corrected chi connectivity index (χ1v) is 12.3. The van der Waals surface area contributed by atoms with Crippen LogP contribution in [-0.4, -0.2) is 43.3 Å². The Labute approximate surface area is 210 Å². The van der Waals surface area contributed by atoms with Crippen LogP contribution in [0.2, 0.25) is 0 Å². The van der Waals surface area contributed by atoms with Crippen molar-refractivity contribution in [2.24, 2.45) is 5.92 Å². The molecule has 3 aromatic rings. The van der Waals surface area contributed by atoms with E-state index in [9.17, 15) is 9.59 Å². The Morgan fingerprint density at radius 2 is 1.78 bits per heavy atom. The molecule has 0 unspecified atom stereocenters. The molecule has 0 spiro atoms. The van der Waals surface area contributed by atoms with E-state index < -0.39 is 0 Å². The number of carbonyl (C=O) groups excluding carboxylic acids is 2. The first kappa shape index (κ1) is 24.1. The molecule has 1 N–H and O–H groups in total. The molecule has 4 atom stereocenters. The van der Waals surface area contributed by atoms with Crippen LogP contribution in [0.1, 0.15) is 52.7 Å². The summed E-state index contributed by atoms with van der Waals surface area (Å²) in [6, 6.07) is 15.3. The largest absolute Gasteiger partial charge is 0.497 e. The second-order valence-electron chi connectivity index (χ2n) is 9.28. The van der Waals surface area contributed by atoms with Gasteiger partial charge in [-0.2, -0.15) is 0 Å². The van der Waals surface area contributed by atoms with Gasteiger partial charge in [-0.05, 0) is 61.1 Å². The smallest absolute Gasteiger partial charge is 0.305 e. The van der Waals surface area contributed by atoms with Gasteiger partial charge in [0.2, 0.25) is 5.89 Å². The summed E-state index contributed by atoms with van der Waals surface area (Å²) in [5.74, 6) is 0.860. The molecule has 36 heavy (non-hydrogen) atoms. The monoisotopic (exact) mass is 490 g/mol. The van der Waals surface area contributed by atoms with Crippen LogP contribution in [0.25, 0.3) is 0 Å². The molecule has 1 aromatic heterocycles. The molecule has 2 fully saturated rings. The summed E-state index contributed by atoms with van der Waals surface area (Å²) in [5.41, 5.74) is 3.21. The number of anilines is 1. The van der Waals surface area contributed by atoms with E-state index in [1.54, 1.807) is 31.4 Å². The van der Waals surface area contributed by atoms with E-state index in [1.807, 2.05) is 12.1 Å². The van der Waals surface area contributed by atoms with Crippen LogP contribution in [0.5, 0.6) is 5.75 Å². The fourth-order valence-corrected chi connectivity index (χ4v) is 5.38. The highest BCUT2D eigenvalue weighted by Crippen LogP contribution is 2.50. The minimum Gasteiger partial charge on any atom is -0.497 e. The summed E-state index contributed by atoms with van der Waals surface area (Å²) in [5, 5.41) is 2.85. The van der Waals surface area contributed by atoms with Gasteiger partial charge in [0, 0.05) is 18.0 Å². The molecule has 8 nitrogen and oxygen atoms in total. The summed E-state index contributed by atoms with van der Waals surface area (Å²) in [6.07, 6.45) is 5.28. The number of fused-ring (bicyclic) bond motifs is 2. The maximum atomic E-state index is 12.8. The second-order valence-corrected chi connectivity index (χ2v) is 9.28. The molecular weight excluding hydrogens is 460 g/mol. The maximum Gasteiger partial charge on any atom is 0.305 e. The number of ether oxygens (including phenoxy) is 3. The van der Waals surface area contributed by atoms with Gasteiger partial charge in [-0.3, -0.25) is 9.59 Å². The van der Waals surface area contributed by atoms with Crippen molar-refractivity contribution in [2.45, 2.75) is 50.2 Å². The highest BCUT2D eigenvalue weighted by molar-refractivity contribution is 6.02. The number of hydrogen-bond donors (Lipinski definition) is 1. The van der Waals surface area contributed by atoms with Crippen molar-refractivity contribution in [1.29, 1.82) is 0 Å². The summed E-state index contributed by atoms with van der Waals surface area (Å²) in [6.45, 7) is 0. The van der Waals surface area contributed by atoms with Crippen molar-refractivity contribution in [2.75, 3.05) is 19.5 Å². The predicted octanol–water partition coefficient (Wildman–Crippen LogP) is 4.54. The van der Waals surface area contributed by atoms with Crippen molar-refractivity contribution >= 4 is 17.6 Å². The molecule has 2 aromatic carbocycles. The fourth-order valence-electron chi connectivity index (χ4n) is 5.38. The van der Waals surface area contributed by atoms with Crippen molar-refractivity contribution < 1.29 is 28.2 Å². The highest BCUT2D eigenvalue weighted by Gasteiger charge is 2.51. The van der Waals surface area contributed by atoms with Gasteiger partial charge in [0.05, 0.1) is 32.3 Å². The zero-order valence-corrected chi connectivity index (χ0v) is 20.4. The Morgan fingerprint density at radius 3 is 2.53 bits per heavy atom. The third-order valence-corrected chi connectivity index (χ3v) is 7.21. The Balaban J connectivity index is 1.31. The molecule has 8 heteroatoms. The number of methoxy groups -OCH3 is 2. The molecule has 188 valence electrons. The number of carbonyl (C=O) groups is 2. The summed E-state index contributed by atoms with van der Waals surface area (Å²) >= 11 is 0. The number of nitrogens with one attached hydrogen (secondary N) is 1. The lowest BCUT2D eigenvalue weighted by Crippen LogP contribution is -2.28. The number of aromatic nitrogens is 1. The fraction of sp³-hybridized carbons (Fsp3) is 0.393. The lowest BCUT2D eigenvalue weighted by molar-refractivity contribution is -0.140. The quantitative estimate of drug-likeness (QED) is 0.440. The number of amides is 1. The third-order valence-electron chi connectivity index (χ3n) is 7.21. The standard InChI is InChI=1S/C28H30N2O6/c1-33-20-10-8-19(9-11-20)29-27(32)22-16-35-28(30-22)26-21(23-12-13-24(26)36-23)15-18-6-4-3-5-17(18)7-14-25(31)34-2/h3-6,8-11,16,21,23-24,26H,7,12-15H2,1-2H3,(H,29,32)/t21-,23-,24+,26-/m0/s1. The van der Waals surface area contributed by atoms with E-state index >= 15 is 0 Å². The van der Waals surface area contributed by atoms with Gasteiger partial charge < -0.3 is 23.9 Å². The molecule has 2 bridgehead atoms. The van der Waals surface area contributed by atoms with Gasteiger partial charge >= 0.3 is 5.97 Å². The zero-order chi connectivity index (χ0) is 25.1. The zero-order valence-electron chi connectivity index (χ0n) is 20.4. The van der Waals surface area contributed by atoms with Crippen LogP contribution < -0.4 is 10.1 Å². The third kappa shape index (κ3) is 4.99. The van der Waals surface area contributed by atoms with E-state index in [2.05, 4.69) is 22.4 Å². The van der Waals surface area contributed by atoms with Gasteiger partial charge in [-0.15, -0.1) is 0 Å². The average molecular weight is 491 g/mol. The SMILES string of the molecule is COC(=O)CCc1ccccc1C[C@@H]1[C@H](c2nc(C(=O)Nc3ccc(OC)cc3)co2)[C@H]2CC[C@@H]1O2. The topological polar surface area (TPSA) is 99.9 Å². The highest BCUT2D eigenvalue weighted by atomic mass is 16.5. The van der Waals surface area contributed by atoms with Crippen molar-refractivity contribution in [1.82, 2.24) is 4.98 Å². The number of benzene rings is 2. The molecule has 3 heterocycles. The molecule has 2 aliphatic rings. The van der Waals surface area contributed by atoms with Crippen molar-refractivity contribution in [3.8, 4) is 5.75 Å². The minimum absolute atomic E-state index is 0.0263. The summed E-state index contributed by atoms with van der Waals surface area (Å²) in [7, 11) is 3.01. The molecule has 2 saturated heterocycles. The normalized spacial score (nSPS) is 22.4. The van der Waals surface area contributed by atoms with Gasteiger partial charge in [0.1, 0.15) is 12.0 Å². The lowest BCUT2D eigenvalue weighted by Gasteiger charge is -2.26. The lowest BCUT2D eigenvalue weighted by atomic mass is 9.75. The first-order valence-electron chi connectivity index (χ1n) is 12.3. The van der Waals surface area contributed by atoms with Gasteiger partial charge in [0.15, 0.2) is 5.69 Å². The maximum absolute atomic E-state index is 12.8.